The summed E-state index contributed by atoms with van der Waals surface area (Å²) in [6, 6.07) is -1.48. The van der Waals surface area contributed by atoms with Crippen molar-refractivity contribution in [2.75, 3.05) is 0 Å². The van der Waals surface area contributed by atoms with Crippen LogP contribution in [0.3, 0.4) is 0 Å². The molecular weight excluding hydrogens is 277 g/mol. The molecule has 2 bridgehead atoms. The first kappa shape index (κ1) is 13.5. The minimum Gasteiger partial charge on any atom is -0.481 e. The molecule has 2 heterocycles. The van der Waals surface area contributed by atoms with Gasteiger partial charge in [-0.05, 0) is 32.1 Å². The highest BCUT2D eigenvalue weighted by Crippen LogP contribution is 2.50. The Morgan fingerprint density at radius 3 is 2.35 bits per heavy atom. The first-order valence-electron chi connectivity index (χ1n) is 6.65. The van der Waals surface area contributed by atoms with Gasteiger partial charge in [-0.15, -0.1) is 0 Å². The van der Waals surface area contributed by atoms with Gasteiger partial charge in [0, 0.05) is 12.1 Å². The van der Waals surface area contributed by atoms with E-state index in [0.29, 0.717) is 19.3 Å². The first-order chi connectivity index (χ1) is 9.25. The third-order valence-corrected chi connectivity index (χ3v) is 4.73. The van der Waals surface area contributed by atoms with E-state index in [1.54, 1.807) is 0 Å². The molecule has 3 unspecified atom stereocenters. The number of urea groups is 1. The van der Waals surface area contributed by atoms with Crippen molar-refractivity contribution >= 4 is 12.0 Å². The summed E-state index contributed by atoms with van der Waals surface area (Å²) in [7, 11) is 0. The number of halogens is 3. The Labute approximate surface area is 113 Å². The van der Waals surface area contributed by atoms with Crippen LogP contribution >= 0.6 is 0 Å². The molecule has 0 spiro atoms. The van der Waals surface area contributed by atoms with Crippen LogP contribution in [-0.4, -0.2) is 45.8 Å². The number of hydrogen-bond donors (Lipinski definition) is 2. The number of nitrogens with zero attached hydrogens (tertiary/aromatic N) is 1. The van der Waals surface area contributed by atoms with E-state index in [1.807, 2.05) is 0 Å². The van der Waals surface area contributed by atoms with Gasteiger partial charge in [-0.1, -0.05) is 0 Å². The number of carbonyl (C=O) groups is 2. The molecule has 20 heavy (non-hydrogen) atoms. The SMILES string of the molecule is O=C(O)C1CC2CCC1N2C(=O)NC1(C(F)(F)F)CC1. The Morgan fingerprint density at radius 2 is 1.90 bits per heavy atom. The van der Waals surface area contributed by atoms with Gasteiger partial charge < -0.3 is 15.3 Å². The Hall–Kier alpha value is -1.47. The summed E-state index contributed by atoms with van der Waals surface area (Å²) in [6.45, 7) is 0. The molecule has 1 aliphatic carbocycles. The van der Waals surface area contributed by atoms with Crippen LogP contribution in [0.4, 0.5) is 18.0 Å². The summed E-state index contributed by atoms with van der Waals surface area (Å²) in [5, 5.41) is 11.1. The summed E-state index contributed by atoms with van der Waals surface area (Å²) in [4.78, 5) is 24.5. The second kappa shape index (κ2) is 4.02. The van der Waals surface area contributed by atoms with Crippen molar-refractivity contribution < 1.29 is 27.9 Å². The van der Waals surface area contributed by atoms with Crippen molar-refractivity contribution in [1.29, 1.82) is 0 Å². The number of amides is 2. The normalized spacial score (nSPS) is 34.1. The summed E-state index contributed by atoms with van der Waals surface area (Å²) >= 11 is 0. The topological polar surface area (TPSA) is 69.6 Å². The van der Waals surface area contributed by atoms with Crippen LogP contribution < -0.4 is 5.32 Å². The average molecular weight is 292 g/mol. The van der Waals surface area contributed by atoms with Gasteiger partial charge in [0.05, 0.1) is 5.92 Å². The average Bonchev–Trinajstić information content (AvgIpc) is 2.90. The van der Waals surface area contributed by atoms with Gasteiger partial charge in [0.2, 0.25) is 0 Å². The maximum absolute atomic E-state index is 12.8. The third kappa shape index (κ3) is 1.84. The quantitative estimate of drug-likeness (QED) is 0.814. The molecule has 0 aromatic rings. The lowest BCUT2D eigenvalue weighted by atomic mass is 9.89. The Morgan fingerprint density at radius 1 is 1.25 bits per heavy atom. The van der Waals surface area contributed by atoms with Crippen molar-refractivity contribution in [3.8, 4) is 0 Å². The molecule has 3 fully saturated rings. The number of carbonyl (C=O) groups excluding carboxylic acids is 1. The zero-order valence-corrected chi connectivity index (χ0v) is 10.6. The summed E-state index contributed by atoms with van der Waals surface area (Å²) < 4.78 is 38.5. The number of aliphatic carboxylic acids is 1. The number of carboxylic acid groups (broad SMARTS) is 1. The fourth-order valence-electron chi connectivity index (χ4n) is 3.44. The second-order valence-electron chi connectivity index (χ2n) is 5.90. The molecule has 2 N–H and O–H groups in total. The Balaban J connectivity index is 1.72. The zero-order valence-electron chi connectivity index (χ0n) is 10.6. The van der Waals surface area contributed by atoms with E-state index < -0.39 is 35.7 Å². The largest absolute Gasteiger partial charge is 0.481 e. The van der Waals surface area contributed by atoms with E-state index in [2.05, 4.69) is 5.32 Å². The minimum atomic E-state index is -4.45. The fraction of sp³-hybridized carbons (Fsp3) is 0.833. The number of alkyl halides is 3. The minimum absolute atomic E-state index is 0.103. The van der Waals surface area contributed by atoms with Crippen molar-refractivity contribution in [1.82, 2.24) is 10.2 Å². The first-order valence-corrected chi connectivity index (χ1v) is 6.65. The molecule has 5 nitrogen and oxygen atoms in total. The highest BCUT2D eigenvalue weighted by molar-refractivity contribution is 5.80. The highest BCUT2D eigenvalue weighted by Gasteiger charge is 2.65. The van der Waals surface area contributed by atoms with Gasteiger partial charge >= 0.3 is 18.2 Å². The van der Waals surface area contributed by atoms with Gasteiger partial charge in [-0.2, -0.15) is 13.2 Å². The molecule has 0 aromatic carbocycles. The second-order valence-corrected chi connectivity index (χ2v) is 5.90. The van der Waals surface area contributed by atoms with E-state index in [9.17, 15) is 22.8 Å². The van der Waals surface area contributed by atoms with E-state index >= 15 is 0 Å². The lowest BCUT2D eigenvalue weighted by Gasteiger charge is -2.28. The van der Waals surface area contributed by atoms with Crippen molar-refractivity contribution in [3.05, 3.63) is 0 Å². The molecule has 8 heteroatoms. The Bertz CT molecular complexity index is 461. The van der Waals surface area contributed by atoms with Crippen LogP contribution in [0.5, 0.6) is 0 Å². The Kier molecular flexibility index (Phi) is 2.71. The monoisotopic (exact) mass is 292 g/mol. The van der Waals surface area contributed by atoms with E-state index in [1.165, 1.54) is 4.90 Å². The van der Waals surface area contributed by atoms with Gasteiger partial charge in [0.25, 0.3) is 0 Å². The number of fused-ring (bicyclic) bond motifs is 2. The number of nitrogens with one attached hydrogen (secondary N) is 1. The van der Waals surface area contributed by atoms with Crippen LogP contribution in [0.15, 0.2) is 0 Å². The fourth-order valence-corrected chi connectivity index (χ4v) is 3.44. The lowest BCUT2D eigenvalue weighted by molar-refractivity contribution is -0.163. The molecule has 2 aliphatic heterocycles. The highest BCUT2D eigenvalue weighted by atomic mass is 19.4. The van der Waals surface area contributed by atoms with Crippen molar-refractivity contribution in [2.24, 2.45) is 5.92 Å². The smallest absolute Gasteiger partial charge is 0.411 e. The van der Waals surface area contributed by atoms with E-state index in [-0.39, 0.29) is 18.9 Å². The predicted octanol–water partition coefficient (Wildman–Crippen LogP) is 1.73. The molecular formula is C12H15F3N2O3. The zero-order chi connectivity index (χ0) is 14.7. The van der Waals surface area contributed by atoms with Gasteiger partial charge in [-0.25, -0.2) is 4.79 Å². The summed E-state index contributed by atoms with van der Waals surface area (Å²) in [5.41, 5.74) is -2.09. The van der Waals surface area contributed by atoms with Crippen LogP contribution in [0.25, 0.3) is 0 Å². The standard InChI is InChI=1S/C12H15F3N2O3/c13-12(14,15)11(3-4-11)16-10(20)17-6-1-2-8(17)7(5-6)9(18)19/h6-8H,1-5H2,(H,16,20)(H,18,19). The molecule has 0 aromatic heterocycles. The lowest BCUT2D eigenvalue weighted by Crippen LogP contribution is -2.54. The molecule has 0 radical (unpaired) electrons. The molecule has 2 amide bonds. The van der Waals surface area contributed by atoms with Crippen LogP contribution in [-0.2, 0) is 4.79 Å². The van der Waals surface area contributed by atoms with E-state index in [0.717, 1.165) is 0 Å². The van der Waals surface area contributed by atoms with Crippen LogP contribution in [0.1, 0.15) is 32.1 Å². The summed E-state index contributed by atoms with van der Waals surface area (Å²) in [6.07, 6.45) is -3.10. The predicted molar refractivity (Wildman–Crippen MR) is 60.9 cm³/mol. The third-order valence-electron chi connectivity index (χ3n) is 4.73. The van der Waals surface area contributed by atoms with Crippen molar-refractivity contribution in [2.45, 2.75) is 55.9 Å². The van der Waals surface area contributed by atoms with Gasteiger partial charge in [0.15, 0.2) is 0 Å². The maximum Gasteiger partial charge on any atom is 0.411 e. The molecule has 3 aliphatic rings. The van der Waals surface area contributed by atoms with Crippen molar-refractivity contribution in [3.63, 3.8) is 0 Å². The van der Waals surface area contributed by atoms with Gasteiger partial charge in [0.1, 0.15) is 5.54 Å². The number of carboxylic acids is 1. The summed E-state index contributed by atoms with van der Waals surface area (Å²) in [5.74, 6) is -1.63. The van der Waals surface area contributed by atoms with Crippen LogP contribution in [0, 0.1) is 5.92 Å². The molecule has 1 saturated carbocycles. The molecule has 3 atom stereocenters. The number of hydrogen-bond acceptors (Lipinski definition) is 2. The maximum atomic E-state index is 12.8. The molecule has 112 valence electrons. The van der Waals surface area contributed by atoms with Gasteiger partial charge in [-0.3, -0.25) is 4.79 Å². The number of rotatable bonds is 2. The molecule has 3 rings (SSSR count). The van der Waals surface area contributed by atoms with Crippen LogP contribution in [0.2, 0.25) is 0 Å². The molecule has 2 saturated heterocycles. The van der Waals surface area contributed by atoms with E-state index in [4.69, 9.17) is 5.11 Å².